The number of urea groups is 1. The van der Waals surface area contributed by atoms with Gasteiger partial charge in [-0.25, -0.2) is 4.79 Å². The first kappa shape index (κ1) is 20.5. The van der Waals surface area contributed by atoms with Crippen molar-refractivity contribution in [1.29, 1.82) is 0 Å². The fourth-order valence-corrected chi connectivity index (χ4v) is 3.40. The van der Waals surface area contributed by atoms with Gasteiger partial charge in [-0.1, -0.05) is 18.2 Å². The molecule has 2 aromatic carbocycles. The van der Waals surface area contributed by atoms with E-state index >= 15 is 0 Å². The summed E-state index contributed by atoms with van der Waals surface area (Å²) in [5.41, 5.74) is 1.84. The van der Waals surface area contributed by atoms with E-state index < -0.39 is 0 Å². The average molecular weight is 397 g/mol. The molecule has 7 nitrogen and oxygen atoms in total. The zero-order valence-electron chi connectivity index (χ0n) is 16.8. The number of para-hydroxylation sites is 1. The zero-order chi connectivity index (χ0) is 20.6. The van der Waals surface area contributed by atoms with Gasteiger partial charge in [-0.05, 0) is 49.2 Å². The molecule has 3 amide bonds. The lowest BCUT2D eigenvalue weighted by Crippen LogP contribution is -2.43. The summed E-state index contributed by atoms with van der Waals surface area (Å²) < 4.78 is 10.7. The first-order chi connectivity index (χ1) is 14.1. The molecule has 1 unspecified atom stereocenters. The third kappa shape index (κ3) is 5.40. The molecule has 29 heavy (non-hydrogen) atoms. The number of amides is 3. The molecule has 1 aliphatic rings. The number of hydrogen-bond donors (Lipinski definition) is 2. The number of nitrogens with zero attached hydrogens (tertiary/aromatic N) is 1. The van der Waals surface area contributed by atoms with E-state index in [0.717, 1.165) is 22.7 Å². The van der Waals surface area contributed by atoms with Gasteiger partial charge in [-0.2, -0.15) is 0 Å². The van der Waals surface area contributed by atoms with Crippen molar-refractivity contribution in [2.75, 3.05) is 31.7 Å². The molecular weight excluding hydrogens is 370 g/mol. The van der Waals surface area contributed by atoms with E-state index in [4.69, 9.17) is 9.47 Å². The standard InChI is InChI=1S/C22H27N3O4/c1-3-29-19-10-8-18(9-11-19)25-15-17(14-21(25)26)24-22(27)23-13-12-16-6-4-5-7-20(16)28-2/h4-11,17H,3,12-15H2,1-2H3,(H2,23,24,27). The molecule has 1 fully saturated rings. The van der Waals surface area contributed by atoms with Crippen LogP contribution in [0.25, 0.3) is 0 Å². The van der Waals surface area contributed by atoms with Gasteiger partial charge in [0, 0.05) is 25.2 Å². The quantitative estimate of drug-likeness (QED) is 0.718. The maximum Gasteiger partial charge on any atom is 0.315 e. The monoisotopic (exact) mass is 397 g/mol. The van der Waals surface area contributed by atoms with E-state index in [1.165, 1.54) is 0 Å². The highest BCUT2D eigenvalue weighted by atomic mass is 16.5. The molecule has 0 aromatic heterocycles. The minimum absolute atomic E-state index is 0.00604. The molecule has 1 saturated heterocycles. The Labute approximate surface area is 171 Å². The van der Waals surface area contributed by atoms with Crippen LogP contribution in [0.15, 0.2) is 48.5 Å². The summed E-state index contributed by atoms with van der Waals surface area (Å²) in [6.07, 6.45) is 0.951. The molecule has 0 radical (unpaired) electrons. The van der Waals surface area contributed by atoms with Crippen molar-refractivity contribution in [2.45, 2.75) is 25.8 Å². The van der Waals surface area contributed by atoms with Gasteiger partial charge in [0.05, 0.1) is 19.8 Å². The van der Waals surface area contributed by atoms with Crippen LogP contribution in [0.1, 0.15) is 18.9 Å². The smallest absolute Gasteiger partial charge is 0.315 e. The third-order valence-corrected chi connectivity index (χ3v) is 4.79. The molecule has 154 valence electrons. The number of nitrogens with one attached hydrogen (secondary N) is 2. The van der Waals surface area contributed by atoms with Crippen LogP contribution in [-0.4, -0.2) is 44.8 Å². The topological polar surface area (TPSA) is 79.9 Å². The van der Waals surface area contributed by atoms with Crippen LogP contribution in [0.5, 0.6) is 11.5 Å². The molecule has 1 atom stereocenters. The van der Waals surface area contributed by atoms with Crippen LogP contribution < -0.4 is 25.0 Å². The van der Waals surface area contributed by atoms with Gasteiger partial charge in [0.15, 0.2) is 0 Å². The highest BCUT2D eigenvalue weighted by molar-refractivity contribution is 5.96. The van der Waals surface area contributed by atoms with Crippen molar-refractivity contribution in [1.82, 2.24) is 10.6 Å². The van der Waals surface area contributed by atoms with Gasteiger partial charge < -0.3 is 25.0 Å². The normalized spacial score (nSPS) is 15.9. The van der Waals surface area contributed by atoms with Crippen molar-refractivity contribution in [3.63, 3.8) is 0 Å². The minimum Gasteiger partial charge on any atom is -0.496 e. The lowest BCUT2D eigenvalue weighted by molar-refractivity contribution is -0.117. The summed E-state index contributed by atoms with van der Waals surface area (Å²) in [6, 6.07) is 14.6. The van der Waals surface area contributed by atoms with E-state index in [-0.39, 0.29) is 24.4 Å². The second kappa shape index (κ2) is 9.82. The second-order valence-corrected chi connectivity index (χ2v) is 6.79. The molecule has 1 heterocycles. The summed E-state index contributed by atoms with van der Waals surface area (Å²) in [7, 11) is 1.63. The Bertz CT molecular complexity index is 838. The number of hydrogen-bond acceptors (Lipinski definition) is 4. The minimum atomic E-state index is -0.272. The summed E-state index contributed by atoms with van der Waals surface area (Å²) in [6.45, 7) is 3.46. The number of rotatable bonds is 8. The van der Waals surface area contributed by atoms with Crippen LogP contribution >= 0.6 is 0 Å². The molecule has 0 saturated carbocycles. The predicted octanol–water partition coefficient (Wildman–Crippen LogP) is 2.74. The van der Waals surface area contributed by atoms with E-state index in [1.807, 2.05) is 55.5 Å². The van der Waals surface area contributed by atoms with Crippen molar-refractivity contribution < 1.29 is 19.1 Å². The van der Waals surface area contributed by atoms with Crippen molar-refractivity contribution in [3.8, 4) is 11.5 Å². The first-order valence-electron chi connectivity index (χ1n) is 9.80. The molecule has 3 rings (SSSR count). The Hall–Kier alpha value is -3.22. The van der Waals surface area contributed by atoms with E-state index in [2.05, 4.69) is 10.6 Å². The number of ether oxygens (including phenoxy) is 2. The molecule has 7 heteroatoms. The highest BCUT2D eigenvalue weighted by Gasteiger charge is 2.31. The summed E-state index contributed by atoms with van der Waals surface area (Å²) in [5, 5.41) is 5.74. The fraction of sp³-hybridized carbons (Fsp3) is 0.364. The number of carbonyl (C=O) groups is 2. The van der Waals surface area contributed by atoms with Gasteiger partial charge in [-0.15, -0.1) is 0 Å². The van der Waals surface area contributed by atoms with Gasteiger partial charge in [0.1, 0.15) is 11.5 Å². The van der Waals surface area contributed by atoms with Crippen LogP contribution in [0.2, 0.25) is 0 Å². The van der Waals surface area contributed by atoms with Crippen LogP contribution in [0.3, 0.4) is 0 Å². The molecule has 1 aliphatic heterocycles. The summed E-state index contributed by atoms with van der Waals surface area (Å²) in [5.74, 6) is 1.57. The fourth-order valence-electron chi connectivity index (χ4n) is 3.40. The van der Waals surface area contributed by atoms with Gasteiger partial charge in [0.2, 0.25) is 5.91 Å². The molecule has 2 aromatic rings. The van der Waals surface area contributed by atoms with Crippen molar-refractivity contribution in [3.05, 3.63) is 54.1 Å². The Morgan fingerprint density at radius 1 is 1.17 bits per heavy atom. The number of carbonyl (C=O) groups excluding carboxylic acids is 2. The average Bonchev–Trinajstić information content (AvgIpc) is 3.09. The Balaban J connectivity index is 1.47. The third-order valence-electron chi connectivity index (χ3n) is 4.79. The van der Waals surface area contributed by atoms with Gasteiger partial charge in [-0.3, -0.25) is 4.79 Å². The molecule has 2 N–H and O–H groups in total. The lowest BCUT2D eigenvalue weighted by Gasteiger charge is -2.18. The van der Waals surface area contributed by atoms with E-state index in [9.17, 15) is 9.59 Å². The van der Waals surface area contributed by atoms with Crippen molar-refractivity contribution in [2.24, 2.45) is 0 Å². The molecule has 0 aliphatic carbocycles. The van der Waals surface area contributed by atoms with E-state index in [1.54, 1.807) is 12.0 Å². The predicted molar refractivity (Wildman–Crippen MR) is 112 cm³/mol. The number of anilines is 1. The largest absolute Gasteiger partial charge is 0.496 e. The van der Waals surface area contributed by atoms with Crippen LogP contribution in [0.4, 0.5) is 10.5 Å². The number of methoxy groups -OCH3 is 1. The highest BCUT2D eigenvalue weighted by Crippen LogP contribution is 2.24. The molecule has 0 spiro atoms. The van der Waals surface area contributed by atoms with Crippen LogP contribution in [-0.2, 0) is 11.2 Å². The summed E-state index contributed by atoms with van der Waals surface area (Å²) >= 11 is 0. The lowest BCUT2D eigenvalue weighted by atomic mass is 10.1. The Morgan fingerprint density at radius 3 is 2.66 bits per heavy atom. The zero-order valence-corrected chi connectivity index (χ0v) is 16.8. The Morgan fingerprint density at radius 2 is 1.93 bits per heavy atom. The maximum absolute atomic E-state index is 12.4. The van der Waals surface area contributed by atoms with E-state index in [0.29, 0.717) is 26.1 Å². The summed E-state index contributed by atoms with van der Waals surface area (Å²) in [4.78, 5) is 26.3. The molecular formula is C22H27N3O4. The van der Waals surface area contributed by atoms with Gasteiger partial charge >= 0.3 is 6.03 Å². The second-order valence-electron chi connectivity index (χ2n) is 6.79. The van der Waals surface area contributed by atoms with Crippen LogP contribution in [0, 0.1) is 0 Å². The SMILES string of the molecule is CCOc1ccc(N2CC(NC(=O)NCCc3ccccc3OC)CC2=O)cc1. The van der Waals surface area contributed by atoms with Crippen molar-refractivity contribution >= 4 is 17.6 Å². The number of benzene rings is 2. The maximum atomic E-state index is 12.4. The molecule has 0 bridgehead atoms. The first-order valence-corrected chi connectivity index (χ1v) is 9.80. The Kier molecular flexibility index (Phi) is 6.94. The van der Waals surface area contributed by atoms with Gasteiger partial charge in [0.25, 0.3) is 0 Å².